The first kappa shape index (κ1) is 11.6. The zero-order chi connectivity index (χ0) is 12.6. The van der Waals surface area contributed by atoms with E-state index in [9.17, 15) is 9.59 Å². The summed E-state index contributed by atoms with van der Waals surface area (Å²) in [5.74, 6) is -1.36. The third kappa shape index (κ3) is 1.89. The first-order valence-corrected chi connectivity index (χ1v) is 5.41. The molecule has 0 aliphatic carbocycles. The minimum atomic E-state index is -1.00. The second-order valence-corrected chi connectivity index (χ2v) is 4.18. The van der Waals surface area contributed by atoms with Gasteiger partial charge >= 0.3 is 5.97 Å². The quantitative estimate of drug-likeness (QED) is 0.774. The highest BCUT2D eigenvalue weighted by atomic mass is 16.4. The van der Waals surface area contributed by atoms with Crippen LogP contribution in [0.25, 0.3) is 0 Å². The van der Waals surface area contributed by atoms with Crippen LogP contribution < -0.4 is 10.6 Å². The van der Waals surface area contributed by atoms with Crippen molar-refractivity contribution in [2.75, 3.05) is 4.90 Å². The molecule has 0 radical (unpaired) electrons. The number of rotatable bonds is 2. The van der Waals surface area contributed by atoms with Crippen LogP contribution in [-0.4, -0.2) is 29.1 Å². The number of carbonyl (C=O) groups excluding carboxylic acids is 1. The average molecular weight is 234 g/mol. The maximum Gasteiger partial charge on any atom is 0.327 e. The molecule has 5 heteroatoms. The van der Waals surface area contributed by atoms with E-state index in [2.05, 4.69) is 0 Å². The van der Waals surface area contributed by atoms with Crippen LogP contribution in [0, 0.1) is 0 Å². The Hall–Kier alpha value is -1.88. The van der Waals surface area contributed by atoms with Crippen molar-refractivity contribution in [3.05, 3.63) is 29.8 Å². The van der Waals surface area contributed by atoms with Gasteiger partial charge in [-0.05, 0) is 18.6 Å². The standard InChI is InChI=1S/C12H14N2O3/c1-7(13)11(15)14-9-5-3-2-4-8(9)6-10(14)12(16)17/h2-5,7,10H,6,13H2,1H3,(H,16,17)/t7-,10+/m1/s1. The monoisotopic (exact) mass is 234 g/mol. The van der Waals surface area contributed by atoms with Gasteiger partial charge in [0.1, 0.15) is 6.04 Å². The van der Waals surface area contributed by atoms with E-state index >= 15 is 0 Å². The van der Waals surface area contributed by atoms with Crippen molar-refractivity contribution in [3.63, 3.8) is 0 Å². The van der Waals surface area contributed by atoms with Crippen molar-refractivity contribution < 1.29 is 14.7 Å². The summed E-state index contributed by atoms with van der Waals surface area (Å²) in [6.45, 7) is 1.56. The summed E-state index contributed by atoms with van der Waals surface area (Å²) in [5.41, 5.74) is 7.08. The molecule has 1 aliphatic heterocycles. The summed E-state index contributed by atoms with van der Waals surface area (Å²) in [6, 6.07) is 5.65. The van der Waals surface area contributed by atoms with Crippen LogP contribution in [0.5, 0.6) is 0 Å². The summed E-state index contributed by atoms with van der Waals surface area (Å²) in [4.78, 5) is 24.4. The van der Waals surface area contributed by atoms with Gasteiger partial charge in [-0.3, -0.25) is 9.69 Å². The zero-order valence-corrected chi connectivity index (χ0v) is 9.46. The van der Waals surface area contributed by atoms with Crippen LogP contribution in [0.15, 0.2) is 24.3 Å². The Morgan fingerprint density at radius 2 is 2.12 bits per heavy atom. The second kappa shape index (κ2) is 4.18. The van der Waals surface area contributed by atoms with Gasteiger partial charge in [-0.15, -0.1) is 0 Å². The number of fused-ring (bicyclic) bond motifs is 1. The molecule has 1 heterocycles. The number of carboxylic acids is 1. The van der Waals surface area contributed by atoms with Crippen LogP contribution >= 0.6 is 0 Å². The average Bonchev–Trinajstić information content (AvgIpc) is 2.67. The fourth-order valence-electron chi connectivity index (χ4n) is 2.08. The molecule has 0 fully saturated rings. The minimum absolute atomic E-state index is 0.337. The highest BCUT2D eigenvalue weighted by Crippen LogP contribution is 2.32. The third-order valence-electron chi connectivity index (χ3n) is 2.89. The SMILES string of the molecule is C[C@@H](N)C(=O)N1c2ccccc2C[C@H]1C(=O)O. The molecule has 0 spiro atoms. The number of hydrogen-bond acceptors (Lipinski definition) is 3. The van der Waals surface area contributed by atoms with Crippen LogP contribution in [-0.2, 0) is 16.0 Å². The molecule has 1 aromatic rings. The van der Waals surface area contributed by atoms with Gasteiger partial charge in [-0.1, -0.05) is 18.2 Å². The fraction of sp³-hybridized carbons (Fsp3) is 0.333. The molecule has 0 bridgehead atoms. The maximum absolute atomic E-state index is 12.0. The smallest absolute Gasteiger partial charge is 0.327 e. The van der Waals surface area contributed by atoms with E-state index in [-0.39, 0.29) is 5.91 Å². The molecular formula is C12H14N2O3. The predicted molar refractivity (Wildman–Crippen MR) is 62.7 cm³/mol. The fourth-order valence-corrected chi connectivity index (χ4v) is 2.08. The molecule has 0 saturated carbocycles. The van der Waals surface area contributed by atoms with Crippen molar-refractivity contribution in [2.24, 2.45) is 5.73 Å². The van der Waals surface area contributed by atoms with Crippen LogP contribution in [0.3, 0.4) is 0 Å². The molecule has 2 atom stereocenters. The lowest BCUT2D eigenvalue weighted by Gasteiger charge is -2.24. The Kier molecular flexibility index (Phi) is 2.85. The second-order valence-electron chi connectivity index (χ2n) is 4.18. The largest absolute Gasteiger partial charge is 0.480 e. The Morgan fingerprint density at radius 1 is 1.47 bits per heavy atom. The Bertz CT molecular complexity index is 471. The molecule has 17 heavy (non-hydrogen) atoms. The molecule has 5 nitrogen and oxygen atoms in total. The van der Waals surface area contributed by atoms with E-state index in [1.807, 2.05) is 12.1 Å². The Labute approximate surface area is 98.8 Å². The first-order chi connectivity index (χ1) is 8.02. The van der Waals surface area contributed by atoms with Gasteiger partial charge in [0.15, 0.2) is 0 Å². The molecule has 2 rings (SSSR count). The number of para-hydroxylation sites is 1. The molecule has 0 unspecified atom stereocenters. The highest BCUT2D eigenvalue weighted by Gasteiger charge is 2.38. The molecular weight excluding hydrogens is 220 g/mol. The van der Waals surface area contributed by atoms with E-state index in [4.69, 9.17) is 10.8 Å². The van der Waals surface area contributed by atoms with Crippen LogP contribution in [0.2, 0.25) is 0 Å². The van der Waals surface area contributed by atoms with E-state index in [1.165, 1.54) is 4.90 Å². The van der Waals surface area contributed by atoms with E-state index in [1.54, 1.807) is 19.1 Å². The number of carboxylic acid groups (broad SMARTS) is 1. The summed E-state index contributed by atoms with van der Waals surface area (Å²) in [7, 11) is 0. The normalized spacial score (nSPS) is 19.9. The van der Waals surface area contributed by atoms with Gasteiger partial charge in [-0.25, -0.2) is 4.79 Å². The number of nitrogens with zero attached hydrogens (tertiary/aromatic N) is 1. The molecule has 90 valence electrons. The number of anilines is 1. The van der Waals surface area contributed by atoms with Gasteiger partial charge in [-0.2, -0.15) is 0 Å². The van der Waals surface area contributed by atoms with E-state index in [0.29, 0.717) is 12.1 Å². The molecule has 3 N–H and O–H groups in total. The molecule has 0 aromatic heterocycles. The number of hydrogen-bond donors (Lipinski definition) is 2. The number of amides is 1. The number of carbonyl (C=O) groups is 2. The summed E-state index contributed by atoms with van der Waals surface area (Å²) >= 11 is 0. The molecule has 1 aliphatic rings. The number of aliphatic carboxylic acids is 1. The van der Waals surface area contributed by atoms with Gasteiger partial charge < -0.3 is 10.8 Å². The topological polar surface area (TPSA) is 83.6 Å². The Balaban J connectivity index is 2.44. The van der Waals surface area contributed by atoms with Gasteiger partial charge in [0.05, 0.1) is 6.04 Å². The van der Waals surface area contributed by atoms with Gasteiger partial charge in [0.25, 0.3) is 0 Å². The molecule has 1 amide bonds. The number of nitrogens with two attached hydrogens (primary N) is 1. The minimum Gasteiger partial charge on any atom is -0.480 e. The lowest BCUT2D eigenvalue weighted by Crippen LogP contribution is -2.49. The van der Waals surface area contributed by atoms with Crippen molar-refractivity contribution in [2.45, 2.75) is 25.4 Å². The van der Waals surface area contributed by atoms with Crippen LogP contribution in [0.1, 0.15) is 12.5 Å². The third-order valence-corrected chi connectivity index (χ3v) is 2.89. The van der Waals surface area contributed by atoms with E-state index < -0.39 is 18.1 Å². The number of benzene rings is 1. The lowest BCUT2D eigenvalue weighted by atomic mass is 10.1. The van der Waals surface area contributed by atoms with Gasteiger partial charge in [0, 0.05) is 12.1 Å². The predicted octanol–water partition coefficient (Wildman–Crippen LogP) is 0.376. The van der Waals surface area contributed by atoms with E-state index in [0.717, 1.165) is 5.56 Å². The maximum atomic E-state index is 12.0. The summed E-state index contributed by atoms with van der Waals surface area (Å²) in [5, 5.41) is 9.15. The van der Waals surface area contributed by atoms with Crippen molar-refractivity contribution >= 4 is 17.6 Å². The Morgan fingerprint density at radius 3 is 2.71 bits per heavy atom. The lowest BCUT2D eigenvalue weighted by molar-refractivity contribution is -0.140. The summed E-state index contributed by atoms with van der Waals surface area (Å²) < 4.78 is 0. The van der Waals surface area contributed by atoms with Crippen molar-refractivity contribution in [1.82, 2.24) is 0 Å². The first-order valence-electron chi connectivity index (χ1n) is 5.41. The van der Waals surface area contributed by atoms with Crippen molar-refractivity contribution in [1.29, 1.82) is 0 Å². The van der Waals surface area contributed by atoms with Crippen LogP contribution in [0.4, 0.5) is 5.69 Å². The molecule has 0 saturated heterocycles. The highest BCUT2D eigenvalue weighted by molar-refractivity contribution is 6.04. The molecule has 1 aromatic carbocycles. The summed E-state index contributed by atoms with van der Waals surface area (Å²) in [6.07, 6.45) is 0.337. The van der Waals surface area contributed by atoms with Gasteiger partial charge in [0.2, 0.25) is 5.91 Å². The van der Waals surface area contributed by atoms with Crippen molar-refractivity contribution in [3.8, 4) is 0 Å². The zero-order valence-electron chi connectivity index (χ0n) is 9.46.